The number of amides is 1. The minimum atomic E-state index is -0.528. The lowest BCUT2D eigenvalue weighted by atomic mass is 9.70. The SMILES string of the molecule is COC(=O)CCC(C)(C)C1(C)COC(=O)N1c1ccccc1. The van der Waals surface area contributed by atoms with Crippen molar-refractivity contribution in [2.24, 2.45) is 5.41 Å². The van der Waals surface area contributed by atoms with E-state index in [4.69, 9.17) is 9.47 Å². The van der Waals surface area contributed by atoms with Crippen molar-refractivity contribution in [3.8, 4) is 0 Å². The number of methoxy groups -OCH3 is 1. The highest BCUT2D eigenvalue weighted by molar-refractivity contribution is 5.91. The summed E-state index contributed by atoms with van der Waals surface area (Å²) in [6, 6.07) is 9.47. The fourth-order valence-electron chi connectivity index (χ4n) is 2.78. The standard InChI is InChI=1S/C17H23NO4/c1-16(2,11-10-14(19)21-4)17(3)12-22-15(20)18(17)13-8-6-5-7-9-13/h5-9H,10-12H2,1-4H3. The van der Waals surface area contributed by atoms with Gasteiger partial charge in [-0.15, -0.1) is 0 Å². The minimum Gasteiger partial charge on any atom is -0.469 e. The molecule has 120 valence electrons. The lowest BCUT2D eigenvalue weighted by Crippen LogP contribution is -2.55. The number of hydrogen-bond donors (Lipinski definition) is 0. The summed E-state index contributed by atoms with van der Waals surface area (Å²) < 4.78 is 10.0. The Morgan fingerprint density at radius 1 is 1.36 bits per heavy atom. The second kappa shape index (κ2) is 5.99. The van der Waals surface area contributed by atoms with Gasteiger partial charge in [-0.05, 0) is 30.9 Å². The van der Waals surface area contributed by atoms with E-state index < -0.39 is 5.54 Å². The van der Waals surface area contributed by atoms with Crippen molar-refractivity contribution in [2.45, 2.75) is 39.2 Å². The minimum absolute atomic E-state index is 0.242. The van der Waals surface area contributed by atoms with Crippen molar-refractivity contribution < 1.29 is 19.1 Å². The summed E-state index contributed by atoms with van der Waals surface area (Å²) >= 11 is 0. The molecule has 0 saturated carbocycles. The van der Waals surface area contributed by atoms with E-state index in [-0.39, 0.29) is 17.5 Å². The Balaban J connectivity index is 2.29. The Bertz CT molecular complexity index is 555. The third kappa shape index (κ3) is 2.80. The molecule has 0 radical (unpaired) electrons. The third-order valence-electron chi connectivity index (χ3n) is 4.81. The Labute approximate surface area is 131 Å². The van der Waals surface area contributed by atoms with Gasteiger partial charge in [-0.3, -0.25) is 9.69 Å². The van der Waals surface area contributed by atoms with Gasteiger partial charge in [0.05, 0.1) is 12.6 Å². The van der Waals surface area contributed by atoms with E-state index in [1.54, 1.807) is 4.90 Å². The number of anilines is 1. The van der Waals surface area contributed by atoms with Gasteiger partial charge in [-0.25, -0.2) is 4.79 Å². The number of rotatable bonds is 5. The zero-order chi connectivity index (χ0) is 16.4. The molecule has 0 aromatic heterocycles. The van der Waals surface area contributed by atoms with Gasteiger partial charge in [-0.2, -0.15) is 0 Å². The summed E-state index contributed by atoms with van der Waals surface area (Å²) in [5.74, 6) is -0.242. The third-order valence-corrected chi connectivity index (χ3v) is 4.81. The lowest BCUT2D eigenvalue weighted by Gasteiger charge is -2.45. The normalized spacial score (nSPS) is 21.6. The van der Waals surface area contributed by atoms with Crippen LogP contribution < -0.4 is 4.90 Å². The fourth-order valence-corrected chi connectivity index (χ4v) is 2.78. The molecule has 1 heterocycles. The quantitative estimate of drug-likeness (QED) is 0.783. The van der Waals surface area contributed by atoms with Gasteiger partial charge in [-0.1, -0.05) is 32.0 Å². The monoisotopic (exact) mass is 305 g/mol. The summed E-state index contributed by atoms with van der Waals surface area (Å²) in [4.78, 5) is 25.4. The van der Waals surface area contributed by atoms with Crippen LogP contribution in [0, 0.1) is 5.41 Å². The van der Waals surface area contributed by atoms with E-state index in [2.05, 4.69) is 0 Å². The van der Waals surface area contributed by atoms with Crippen LogP contribution in [-0.2, 0) is 14.3 Å². The summed E-state index contributed by atoms with van der Waals surface area (Å²) in [6.45, 7) is 6.40. The summed E-state index contributed by atoms with van der Waals surface area (Å²) in [7, 11) is 1.38. The molecule has 1 amide bonds. The molecule has 2 rings (SSSR count). The van der Waals surface area contributed by atoms with Crippen LogP contribution in [0.3, 0.4) is 0 Å². The smallest absolute Gasteiger partial charge is 0.415 e. The van der Waals surface area contributed by atoms with Crippen LogP contribution >= 0.6 is 0 Å². The zero-order valence-electron chi connectivity index (χ0n) is 13.6. The molecule has 0 bridgehead atoms. The first-order chi connectivity index (χ1) is 10.3. The second-order valence-electron chi connectivity index (χ2n) is 6.46. The van der Waals surface area contributed by atoms with E-state index in [0.717, 1.165) is 5.69 Å². The maximum Gasteiger partial charge on any atom is 0.415 e. The maximum absolute atomic E-state index is 12.2. The molecule has 1 unspecified atom stereocenters. The number of hydrogen-bond acceptors (Lipinski definition) is 4. The number of benzene rings is 1. The van der Waals surface area contributed by atoms with Crippen LogP contribution in [0.2, 0.25) is 0 Å². The predicted octanol–water partition coefficient (Wildman–Crippen LogP) is 3.38. The Kier molecular flexibility index (Phi) is 4.44. The molecule has 0 spiro atoms. The number of ether oxygens (including phenoxy) is 2. The van der Waals surface area contributed by atoms with Gasteiger partial charge in [0.25, 0.3) is 0 Å². The Morgan fingerprint density at radius 3 is 2.59 bits per heavy atom. The van der Waals surface area contributed by atoms with Crippen molar-refractivity contribution in [1.82, 2.24) is 0 Å². The van der Waals surface area contributed by atoms with Crippen LogP contribution in [0.4, 0.5) is 10.5 Å². The van der Waals surface area contributed by atoms with E-state index >= 15 is 0 Å². The number of carbonyl (C=O) groups is 2. The van der Waals surface area contributed by atoms with Gasteiger partial charge in [0.2, 0.25) is 0 Å². The topological polar surface area (TPSA) is 55.8 Å². The summed E-state index contributed by atoms with van der Waals surface area (Å²) in [6.07, 6.45) is 0.575. The lowest BCUT2D eigenvalue weighted by molar-refractivity contribution is -0.141. The first-order valence-corrected chi connectivity index (χ1v) is 7.41. The number of nitrogens with zero attached hydrogens (tertiary/aromatic N) is 1. The number of cyclic esters (lactones) is 1. The molecule has 5 nitrogen and oxygen atoms in total. The van der Waals surface area contributed by atoms with Crippen molar-refractivity contribution >= 4 is 17.7 Å². The molecule has 1 atom stereocenters. The van der Waals surface area contributed by atoms with Crippen LogP contribution in [0.15, 0.2) is 30.3 Å². The van der Waals surface area contributed by atoms with Gasteiger partial charge in [0, 0.05) is 12.1 Å². The molecule has 1 aliphatic heterocycles. The second-order valence-corrected chi connectivity index (χ2v) is 6.46. The molecular weight excluding hydrogens is 282 g/mol. The maximum atomic E-state index is 12.2. The van der Waals surface area contributed by atoms with Crippen LogP contribution in [0.5, 0.6) is 0 Å². The first kappa shape index (κ1) is 16.3. The van der Waals surface area contributed by atoms with Crippen molar-refractivity contribution in [3.05, 3.63) is 30.3 Å². The zero-order valence-corrected chi connectivity index (χ0v) is 13.6. The molecule has 0 aliphatic carbocycles. The fraction of sp³-hybridized carbons (Fsp3) is 0.529. The van der Waals surface area contributed by atoms with Crippen molar-refractivity contribution in [3.63, 3.8) is 0 Å². The molecule has 1 aliphatic rings. The predicted molar refractivity (Wildman–Crippen MR) is 83.7 cm³/mol. The molecule has 1 fully saturated rings. The Morgan fingerprint density at radius 2 is 2.00 bits per heavy atom. The largest absolute Gasteiger partial charge is 0.469 e. The molecule has 5 heteroatoms. The van der Waals surface area contributed by atoms with Gasteiger partial charge in [0.1, 0.15) is 6.61 Å². The highest BCUT2D eigenvalue weighted by Gasteiger charge is 2.53. The van der Waals surface area contributed by atoms with Crippen molar-refractivity contribution in [1.29, 1.82) is 0 Å². The number of para-hydroxylation sites is 1. The molecule has 1 saturated heterocycles. The number of esters is 1. The summed E-state index contributed by atoms with van der Waals surface area (Å²) in [5.41, 5.74) is -0.0403. The van der Waals surface area contributed by atoms with Gasteiger partial charge in [0.15, 0.2) is 0 Å². The van der Waals surface area contributed by atoms with Crippen LogP contribution in [0.25, 0.3) is 0 Å². The van der Waals surface area contributed by atoms with Crippen LogP contribution in [-0.4, -0.2) is 31.3 Å². The average molecular weight is 305 g/mol. The molecular formula is C17H23NO4. The molecule has 0 N–H and O–H groups in total. The highest BCUT2D eigenvalue weighted by Crippen LogP contribution is 2.45. The first-order valence-electron chi connectivity index (χ1n) is 7.41. The van der Waals surface area contributed by atoms with E-state index in [9.17, 15) is 9.59 Å². The van der Waals surface area contributed by atoms with E-state index in [0.29, 0.717) is 19.4 Å². The van der Waals surface area contributed by atoms with Crippen LogP contribution in [0.1, 0.15) is 33.6 Å². The molecule has 1 aromatic rings. The molecule has 1 aromatic carbocycles. The van der Waals surface area contributed by atoms with E-state index in [1.165, 1.54) is 7.11 Å². The Hall–Kier alpha value is -2.04. The van der Waals surface area contributed by atoms with Crippen molar-refractivity contribution in [2.75, 3.05) is 18.6 Å². The highest BCUT2D eigenvalue weighted by atomic mass is 16.6. The van der Waals surface area contributed by atoms with E-state index in [1.807, 2.05) is 51.1 Å². The van der Waals surface area contributed by atoms with Gasteiger partial charge >= 0.3 is 12.1 Å². The molecule has 22 heavy (non-hydrogen) atoms. The number of carbonyl (C=O) groups excluding carboxylic acids is 2. The summed E-state index contributed by atoms with van der Waals surface area (Å²) in [5, 5.41) is 0. The average Bonchev–Trinajstić information content (AvgIpc) is 2.82. The van der Waals surface area contributed by atoms with Gasteiger partial charge < -0.3 is 9.47 Å².